The predicted molar refractivity (Wildman–Crippen MR) is 346 cm³/mol. The summed E-state index contributed by atoms with van der Waals surface area (Å²) in [4.78, 5) is 69.1. The van der Waals surface area contributed by atoms with E-state index in [1.165, 1.54) is 94.9 Å². The first-order valence-electron chi connectivity index (χ1n) is 28.4. The highest BCUT2D eigenvalue weighted by Crippen LogP contribution is 2.57. The van der Waals surface area contributed by atoms with Gasteiger partial charge in [0.05, 0.1) is 36.3 Å². The van der Waals surface area contributed by atoms with Crippen molar-refractivity contribution in [3.05, 3.63) is 68.8 Å². The molecule has 1 unspecified atom stereocenters. The third kappa shape index (κ3) is 49.0. The van der Waals surface area contributed by atoms with E-state index < -0.39 is 59.7 Å². The average molecular weight is 1350 g/mol. The molecule has 86 heavy (non-hydrogen) atoms. The Balaban J connectivity index is -0.000000351. The lowest BCUT2D eigenvalue weighted by molar-refractivity contribution is -0.385. The number of esters is 4. The van der Waals surface area contributed by atoms with Gasteiger partial charge in [-0.2, -0.15) is 0 Å². The van der Waals surface area contributed by atoms with Crippen molar-refractivity contribution in [3.63, 3.8) is 0 Å². The summed E-state index contributed by atoms with van der Waals surface area (Å²) in [6, 6.07) is 6.71. The largest absolute Gasteiger partial charge is 0.464 e. The van der Waals surface area contributed by atoms with Crippen molar-refractivity contribution in [3.8, 4) is 11.5 Å². The van der Waals surface area contributed by atoms with Crippen LogP contribution in [0.25, 0.3) is 0 Å². The van der Waals surface area contributed by atoms with E-state index in [1.807, 2.05) is 55.4 Å². The quantitative estimate of drug-likeness (QED) is 0.0212. The number of non-ortho nitro benzene ring substituents is 2. The summed E-state index contributed by atoms with van der Waals surface area (Å²) in [5, 5.41) is 26.4. The van der Waals surface area contributed by atoms with Gasteiger partial charge in [-0.15, -0.1) is 24.8 Å². The Hall–Kier alpha value is -3.90. The molecule has 0 bridgehead atoms. The first-order valence-corrected chi connectivity index (χ1v) is 33.4. The van der Waals surface area contributed by atoms with Crippen molar-refractivity contribution in [1.82, 2.24) is 15.1 Å². The second-order valence-corrected chi connectivity index (χ2v) is 27.8. The highest BCUT2D eigenvalue weighted by Gasteiger charge is 2.35. The van der Waals surface area contributed by atoms with E-state index in [-0.39, 0.29) is 89.6 Å². The lowest BCUT2D eigenvalue weighted by atomic mass is 9.99. The van der Waals surface area contributed by atoms with Gasteiger partial charge in [0.2, 0.25) is 0 Å². The van der Waals surface area contributed by atoms with Crippen LogP contribution in [0.4, 0.5) is 11.4 Å². The van der Waals surface area contributed by atoms with E-state index in [9.17, 15) is 48.5 Å². The zero-order chi connectivity index (χ0) is 65.4. The molecular weight excluding hydrogens is 1250 g/mol. The molecule has 30 heteroatoms. The lowest BCUT2D eigenvalue weighted by Gasteiger charge is -2.27. The molecule has 502 valence electrons. The van der Waals surface area contributed by atoms with E-state index in [4.69, 9.17) is 62.2 Å². The predicted octanol–water partition coefficient (Wildman–Crippen LogP) is 13.4. The van der Waals surface area contributed by atoms with Crippen LogP contribution in [-0.2, 0) is 52.0 Å². The fourth-order valence-electron chi connectivity index (χ4n) is 5.95. The summed E-state index contributed by atoms with van der Waals surface area (Å²) in [7, 11) is -4.10. The van der Waals surface area contributed by atoms with Gasteiger partial charge in [0, 0.05) is 60.0 Å². The fourth-order valence-corrected chi connectivity index (χ4v) is 8.63. The van der Waals surface area contributed by atoms with Crippen LogP contribution in [0.15, 0.2) is 48.5 Å². The van der Waals surface area contributed by atoms with Gasteiger partial charge < -0.3 is 49.1 Å². The molecule has 0 amide bonds. The molecular formula is C56H103Cl4N7O17P2. The van der Waals surface area contributed by atoms with Gasteiger partial charge in [0.25, 0.3) is 11.4 Å². The topological polar surface area (TPSA) is 333 Å². The van der Waals surface area contributed by atoms with Crippen LogP contribution in [0, 0.1) is 42.9 Å². The number of benzene rings is 2. The van der Waals surface area contributed by atoms with Crippen molar-refractivity contribution >= 4 is 96.3 Å². The zero-order valence-electron chi connectivity index (χ0n) is 53.6. The molecule has 2 aromatic rings. The smallest absolute Gasteiger partial charge is 0.428 e. The number of nitrogens with zero attached hydrogens (tertiary/aromatic N) is 3. The van der Waals surface area contributed by atoms with Crippen LogP contribution in [-0.4, -0.2) is 122 Å². The molecule has 3 rings (SSSR count). The second kappa shape index (κ2) is 49.0. The van der Waals surface area contributed by atoms with E-state index in [0.717, 1.165) is 38.9 Å². The molecule has 1 aliphatic rings. The second-order valence-electron chi connectivity index (χ2n) is 21.8. The molecule has 1 heterocycles. The summed E-state index contributed by atoms with van der Waals surface area (Å²) in [6.07, 6.45) is 2.69. The average Bonchev–Trinajstić information content (AvgIpc) is 3.45. The Morgan fingerprint density at radius 1 is 0.581 bits per heavy atom. The molecule has 2 aromatic carbocycles. The van der Waals surface area contributed by atoms with Gasteiger partial charge in [0.15, 0.2) is 0 Å². The summed E-state index contributed by atoms with van der Waals surface area (Å²) in [5.74, 6) is -1.08. The van der Waals surface area contributed by atoms with Crippen LogP contribution >= 0.6 is 61.0 Å². The Morgan fingerprint density at radius 3 is 1.14 bits per heavy atom. The number of hydrogen-bond acceptors (Lipinski definition) is 20. The third-order valence-electron chi connectivity index (χ3n) is 11.4. The molecule has 0 aromatic heterocycles. The highest BCUT2D eigenvalue weighted by molar-refractivity contribution is 8.05. The lowest BCUT2D eigenvalue weighted by Crippen LogP contribution is -2.43. The number of nitrogens with one attached hydrogen (secondary N) is 2. The van der Waals surface area contributed by atoms with E-state index in [0.29, 0.717) is 19.1 Å². The molecule has 6 N–H and O–H groups in total. The van der Waals surface area contributed by atoms with Crippen LogP contribution in [0.5, 0.6) is 11.5 Å². The molecule has 0 radical (unpaired) electrons. The number of halogens is 4. The third-order valence-corrected chi connectivity index (χ3v) is 14.2. The number of hydrogen-bond donors (Lipinski definition) is 4. The number of nitro benzene ring substituents is 2. The van der Waals surface area contributed by atoms with E-state index in [2.05, 4.69) is 54.2 Å². The minimum absolute atomic E-state index is 0. The summed E-state index contributed by atoms with van der Waals surface area (Å²) >= 11 is 10.3. The number of rotatable bonds is 27. The summed E-state index contributed by atoms with van der Waals surface area (Å²) < 4.78 is 60.1. The highest BCUT2D eigenvalue weighted by atomic mass is 35.9. The molecule has 5 atom stereocenters. The number of carbonyl (C=O) groups excluding carboxylic acids is 4. The van der Waals surface area contributed by atoms with Crippen molar-refractivity contribution in [2.24, 2.45) is 34.1 Å². The zero-order valence-corrected chi connectivity index (χ0v) is 58.5. The molecule has 1 fully saturated rings. The van der Waals surface area contributed by atoms with Crippen molar-refractivity contribution < 1.29 is 70.9 Å². The normalized spacial score (nSPS) is 13.8. The van der Waals surface area contributed by atoms with Crippen LogP contribution in [0.1, 0.15) is 156 Å². The Kier molecular flexibility index (Phi) is 51.7. The van der Waals surface area contributed by atoms with Crippen molar-refractivity contribution in [2.75, 3.05) is 59.3 Å². The molecule has 0 aliphatic carbocycles. The summed E-state index contributed by atoms with van der Waals surface area (Å²) in [6.45, 7) is 39.5. The van der Waals surface area contributed by atoms with Crippen molar-refractivity contribution in [2.45, 2.75) is 180 Å². The van der Waals surface area contributed by atoms with Gasteiger partial charge >= 0.3 is 37.6 Å². The minimum Gasteiger partial charge on any atom is -0.464 e. The molecule has 1 saturated heterocycles. The van der Waals surface area contributed by atoms with E-state index in [1.54, 1.807) is 13.8 Å². The maximum Gasteiger partial charge on any atom is 0.428 e. The standard InChI is InChI=1S/C23H38N3O8P.C9H19NO2.C8H17NO2.C6H4Cl2NO4P.C6H15N.C4H8O.2ClH/c1-8-18(9-2)14-32-21(27)16(3)24-35(31,25-17(4)22(28)33-15-23(5,6)7)34-20-12-10-19(11-13-20)26(29)30;1-4-8(5-2)6-12-9(11)7(3)10;1-6(9)7(10)11-5-8(2,3)4;7-14(8,12)13-6-3-1-5(2-4-6)9(10)11;1-4-7(5-2)6-3;1-2-4-5-3-1;;/h10-13,16-18H,8-9,14-15H2,1-7H3,(H2,24,25,31);7-8H,4-6,10H2,1-3H3;6H,5,9H2,1-4H3;1-4H;4-6H2,1-3H3;1-4H2;2*1H/t16-,17-,35?;7-;6-;;;;;/m000...../s1. The van der Waals surface area contributed by atoms with Gasteiger partial charge in [-0.25, -0.2) is 19.3 Å². The number of nitro groups is 2. The Bertz CT molecular complexity index is 2250. The van der Waals surface area contributed by atoms with Gasteiger partial charge in [-0.05, 0) is 107 Å². The van der Waals surface area contributed by atoms with Crippen LogP contribution in [0.2, 0.25) is 0 Å². The van der Waals surface area contributed by atoms with Crippen LogP contribution < -0.4 is 30.7 Å². The SMILES string of the molecule is C1CCOC1.CCC(CC)COC(=O)[C@H](C)N.CCC(CC)COC(=O)[C@H](C)NP(=O)(N[C@@H](C)C(=O)OCC(C)(C)C)Oc1ccc([N+](=O)[O-])cc1.CCN(CC)CC.C[C@H](N)C(=O)OCC(C)(C)C.Cl.Cl.O=[N+]([O-])c1ccc(OP(=O)(Cl)Cl)cc1. The first kappa shape index (κ1) is 90.8. The maximum absolute atomic E-state index is 13.7. The Morgan fingerprint density at radius 2 is 0.884 bits per heavy atom. The molecule has 1 aliphatic heterocycles. The Labute approximate surface area is 533 Å². The maximum atomic E-state index is 13.7. The summed E-state index contributed by atoms with van der Waals surface area (Å²) in [5.41, 5.74) is 10.1. The number of nitrogens with two attached hydrogens (primary N) is 2. The van der Waals surface area contributed by atoms with Gasteiger partial charge in [-0.1, -0.05) is 116 Å². The number of ether oxygens (including phenoxy) is 5. The van der Waals surface area contributed by atoms with Gasteiger partial charge in [0.1, 0.15) is 35.7 Å². The number of carbonyl (C=O) groups is 4. The van der Waals surface area contributed by atoms with E-state index >= 15 is 0 Å². The minimum atomic E-state index is -4.10. The van der Waals surface area contributed by atoms with Crippen molar-refractivity contribution in [1.29, 1.82) is 0 Å². The van der Waals surface area contributed by atoms with Crippen LogP contribution in [0.3, 0.4) is 0 Å². The van der Waals surface area contributed by atoms with Gasteiger partial charge in [-0.3, -0.25) is 39.4 Å². The fraction of sp³-hybridized carbons (Fsp3) is 0.714. The first-order chi connectivity index (χ1) is 38.9. The molecule has 0 saturated carbocycles. The molecule has 0 spiro atoms. The monoisotopic (exact) mass is 1350 g/mol. The molecule has 24 nitrogen and oxygen atoms in total.